The van der Waals surface area contributed by atoms with Crippen molar-refractivity contribution in [3.8, 4) is 6.07 Å². The molecule has 126 valence electrons. The summed E-state index contributed by atoms with van der Waals surface area (Å²) in [5, 5.41) is 23.4. The number of hydrogen-bond donors (Lipinski definition) is 4. The van der Waals surface area contributed by atoms with Crippen molar-refractivity contribution in [2.24, 2.45) is 0 Å². The number of carbonyl (C=O) groups is 2. The highest BCUT2D eigenvalue weighted by atomic mass is 16.4. The van der Waals surface area contributed by atoms with Crippen molar-refractivity contribution >= 4 is 28.9 Å². The molecule has 0 aliphatic rings. The number of rotatable bonds is 5. The summed E-state index contributed by atoms with van der Waals surface area (Å²) in [4.78, 5) is 22.9. The lowest BCUT2D eigenvalue weighted by Crippen LogP contribution is -2.14. The molecule has 0 saturated heterocycles. The second kappa shape index (κ2) is 7.66. The van der Waals surface area contributed by atoms with Crippen LogP contribution in [0.4, 0.5) is 17.1 Å². The first-order valence-corrected chi connectivity index (χ1v) is 7.28. The molecule has 2 aromatic rings. The van der Waals surface area contributed by atoms with Crippen LogP contribution in [0.2, 0.25) is 0 Å². The molecule has 0 aromatic heterocycles. The number of carbonyl (C=O) groups excluding carboxylic acids is 1. The Labute approximate surface area is 144 Å². The molecule has 0 aliphatic heterocycles. The minimum Gasteiger partial charge on any atom is -0.478 e. The summed E-state index contributed by atoms with van der Waals surface area (Å²) < 4.78 is 0. The van der Waals surface area contributed by atoms with Gasteiger partial charge in [-0.3, -0.25) is 4.79 Å². The molecule has 0 spiro atoms. The summed E-state index contributed by atoms with van der Waals surface area (Å²) in [6, 6.07) is 12.8. The highest BCUT2D eigenvalue weighted by Crippen LogP contribution is 2.19. The molecule has 1 amide bonds. The van der Waals surface area contributed by atoms with Gasteiger partial charge in [0.1, 0.15) is 11.6 Å². The van der Waals surface area contributed by atoms with Crippen LogP contribution in [-0.4, -0.2) is 17.0 Å². The van der Waals surface area contributed by atoms with Crippen LogP contribution in [0.3, 0.4) is 0 Å². The average Bonchev–Trinajstić information content (AvgIpc) is 2.57. The third kappa shape index (κ3) is 4.59. The van der Waals surface area contributed by atoms with Gasteiger partial charge >= 0.3 is 5.97 Å². The second-order valence-electron chi connectivity index (χ2n) is 5.24. The van der Waals surface area contributed by atoms with E-state index in [1.807, 2.05) is 13.0 Å². The second-order valence-corrected chi connectivity index (χ2v) is 5.24. The molecule has 0 saturated carbocycles. The fourth-order valence-corrected chi connectivity index (χ4v) is 2.01. The monoisotopic (exact) mass is 336 g/mol. The number of nitrogen functional groups attached to an aromatic ring is 1. The zero-order valence-electron chi connectivity index (χ0n) is 13.4. The van der Waals surface area contributed by atoms with E-state index in [1.165, 1.54) is 30.5 Å². The number of anilines is 3. The Kier molecular flexibility index (Phi) is 5.38. The molecular formula is C18H16N4O3. The summed E-state index contributed by atoms with van der Waals surface area (Å²) in [5.74, 6) is -1.68. The quantitative estimate of drug-likeness (QED) is 0.377. The van der Waals surface area contributed by atoms with Gasteiger partial charge in [0.25, 0.3) is 5.91 Å². The molecular weight excluding hydrogens is 320 g/mol. The summed E-state index contributed by atoms with van der Waals surface area (Å²) in [5.41, 5.74) is 8.27. The summed E-state index contributed by atoms with van der Waals surface area (Å²) >= 11 is 0. The molecule has 0 bridgehead atoms. The molecule has 2 aromatic carbocycles. The van der Waals surface area contributed by atoms with Crippen LogP contribution in [0, 0.1) is 18.3 Å². The molecule has 0 unspecified atom stereocenters. The van der Waals surface area contributed by atoms with Crippen molar-refractivity contribution in [2.45, 2.75) is 6.92 Å². The average molecular weight is 336 g/mol. The van der Waals surface area contributed by atoms with Crippen LogP contribution in [0.1, 0.15) is 15.9 Å². The lowest BCUT2D eigenvalue weighted by Gasteiger charge is -2.08. The van der Waals surface area contributed by atoms with Gasteiger partial charge in [0.2, 0.25) is 0 Å². The van der Waals surface area contributed by atoms with E-state index >= 15 is 0 Å². The molecule has 0 radical (unpaired) electrons. The first kappa shape index (κ1) is 17.6. The van der Waals surface area contributed by atoms with Gasteiger partial charge in [-0.2, -0.15) is 5.26 Å². The van der Waals surface area contributed by atoms with Crippen LogP contribution >= 0.6 is 0 Å². The van der Waals surface area contributed by atoms with Crippen molar-refractivity contribution < 1.29 is 14.7 Å². The van der Waals surface area contributed by atoms with Crippen LogP contribution in [0.5, 0.6) is 0 Å². The van der Waals surface area contributed by atoms with Crippen molar-refractivity contribution in [1.29, 1.82) is 5.26 Å². The lowest BCUT2D eigenvalue weighted by atomic mass is 10.2. The normalized spacial score (nSPS) is 10.6. The maximum atomic E-state index is 12.1. The first-order chi connectivity index (χ1) is 11.9. The number of aromatic carboxylic acids is 1. The third-order valence-electron chi connectivity index (χ3n) is 3.33. The van der Waals surface area contributed by atoms with Gasteiger partial charge in [0.05, 0.1) is 16.9 Å². The molecule has 0 heterocycles. The SMILES string of the molecule is Cc1ccc(N/C=C(/C#N)C(=O)Nc2ccc(C(=O)O)cc2)c(N)c1. The third-order valence-corrected chi connectivity index (χ3v) is 3.33. The van der Waals surface area contributed by atoms with Crippen LogP contribution in [0.15, 0.2) is 54.2 Å². The molecule has 5 N–H and O–H groups in total. The van der Waals surface area contributed by atoms with E-state index in [-0.39, 0.29) is 11.1 Å². The van der Waals surface area contributed by atoms with Crippen LogP contribution < -0.4 is 16.4 Å². The number of aryl methyl sites for hydroxylation is 1. The van der Waals surface area contributed by atoms with Gasteiger partial charge in [-0.25, -0.2) is 4.79 Å². The van der Waals surface area contributed by atoms with Crippen LogP contribution in [-0.2, 0) is 4.79 Å². The summed E-state index contributed by atoms with van der Waals surface area (Å²) in [6.07, 6.45) is 1.27. The number of nitrogens with zero attached hydrogens (tertiary/aromatic N) is 1. The zero-order chi connectivity index (χ0) is 18.4. The minimum absolute atomic E-state index is 0.102. The van der Waals surface area contributed by atoms with Gasteiger partial charge in [0.15, 0.2) is 0 Å². The molecule has 0 fully saturated rings. The Morgan fingerprint density at radius 2 is 1.88 bits per heavy atom. The molecule has 0 atom stereocenters. The zero-order valence-corrected chi connectivity index (χ0v) is 13.4. The number of hydrogen-bond acceptors (Lipinski definition) is 5. The number of carboxylic acid groups (broad SMARTS) is 1. The first-order valence-electron chi connectivity index (χ1n) is 7.28. The van der Waals surface area contributed by atoms with Gasteiger partial charge in [-0.05, 0) is 48.9 Å². The number of nitrogens with two attached hydrogens (primary N) is 1. The Bertz CT molecular complexity index is 880. The van der Waals surface area contributed by atoms with E-state index < -0.39 is 11.9 Å². The molecule has 2 rings (SSSR count). The number of nitriles is 1. The fraction of sp³-hybridized carbons (Fsp3) is 0.0556. The predicted molar refractivity (Wildman–Crippen MR) is 94.9 cm³/mol. The smallest absolute Gasteiger partial charge is 0.335 e. The van der Waals surface area contributed by atoms with Crippen molar-refractivity contribution in [3.63, 3.8) is 0 Å². The Balaban J connectivity index is 2.09. The standard InChI is InChI=1S/C18H16N4O3/c1-11-2-7-16(15(20)8-11)21-10-13(9-19)17(23)22-14-5-3-12(4-6-14)18(24)25/h2-8,10,21H,20H2,1H3,(H,22,23)(H,24,25)/b13-10-. The van der Waals surface area contributed by atoms with E-state index in [1.54, 1.807) is 18.2 Å². The Hall–Kier alpha value is -3.79. The van der Waals surface area contributed by atoms with Gasteiger partial charge in [-0.15, -0.1) is 0 Å². The van der Waals surface area contributed by atoms with Gasteiger partial charge < -0.3 is 21.5 Å². The predicted octanol–water partition coefficient (Wildman–Crippen LogP) is 2.73. The molecule has 25 heavy (non-hydrogen) atoms. The summed E-state index contributed by atoms with van der Waals surface area (Å²) in [6.45, 7) is 1.90. The maximum absolute atomic E-state index is 12.1. The number of nitrogens with one attached hydrogen (secondary N) is 2. The lowest BCUT2D eigenvalue weighted by molar-refractivity contribution is -0.112. The minimum atomic E-state index is -1.06. The van der Waals surface area contributed by atoms with Gasteiger partial charge in [0, 0.05) is 11.9 Å². The van der Waals surface area contributed by atoms with E-state index in [2.05, 4.69) is 10.6 Å². The van der Waals surface area contributed by atoms with E-state index in [0.717, 1.165) is 5.56 Å². The van der Waals surface area contributed by atoms with E-state index in [9.17, 15) is 9.59 Å². The molecule has 7 heteroatoms. The largest absolute Gasteiger partial charge is 0.478 e. The highest BCUT2D eigenvalue weighted by molar-refractivity contribution is 6.07. The number of benzene rings is 2. The van der Waals surface area contributed by atoms with Crippen LogP contribution in [0.25, 0.3) is 0 Å². The topological polar surface area (TPSA) is 128 Å². The van der Waals surface area contributed by atoms with Crippen molar-refractivity contribution in [3.05, 3.63) is 65.4 Å². The van der Waals surface area contributed by atoms with Crippen molar-refractivity contribution in [1.82, 2.24) is 0 Å². The molecule has 0 aliphatic carbocycles. The Morgan fingerprint density at radius 3 is 2.44 bits per heavy atom. The van der Waals surface area contributed by atoms with Gasteiger partial charge in [-0.1, -0.05) is 6.07 Å². The number of carboxylic acids is 1. The highest BCUT2D eigenvalue weighted by Gasteiger charge is 2.10. The van der Waals surface area contributed by atoms with Crippen molar-refractivity contribution in [2.75, 3.05) is 16.4 Å². The Morgan fingerprint density at radius 1 is 1.20 bits per heavy atom. The molecule has 7 nitrogen and oxygen atoms in total. The summed E-state index contributed by atoms with van der Waals surface area (Å²) in [7, 11) is 0. The number of amides is 1. The van der Waals surface area contributed by atoms with E-state index in [0.29, 0.717) is 17.1 Å². The van der Waals surface area contributed by atoms with E-state index in [4.69, 9.17) is 16.1 Å². The fourth-order valence-electron chi connectivity index (χ4n) is 2.01. The maximum Gasteiger partial charge on any atom is 0.335 e.